The Morgan fingerprint density at radius 3 is 2.62 bits per heavy atom. The van der Waals surface area contributed by atoms with E-state index < -0.39 is 5.82 Å². The fraction of sp³-hybridized carbons (Fsp3) is 0.393. The summed E-state index contributed by atoms with van der Waals surface area (Å²) in [5.41, 5.74) is 2.26. The van der Waals surface area contributed by atoms with Gasteiger partial charge in [-0.2, -0.15) is 0 Å². The van der Waals surface area contributed by atoms with Crippen molar-refractivity contribution in [2.24, 2.45) is 0 Å². The Morgan fingerprint density at radius 1 is 1.05 bits per heavy atom. The van der Waals surface area contributed by atoms with Crippen LogP contribution < -0.4 is 10.6 Å². The Hall–Kier alpha value is -3.70. The molecule has 2 aliphatic rings. The number of likely N-dealkylation sites (N-methyl/N-ethyl adjacent to an activating group) is 1. The van der Waals surface area contributed by atoms with E-state index in [2.05, 4.69) is 37.4 Å². The van der Waals surface area contributed by atoms with E-state index in [0.29, 0.717) is 36.1 Å². The van der Waals surface area contributed by atoms with Crippen molar-refractivity contribution < 1.29 is 9.18 Å². The quantitative estimate of drug-likeness (QED) is 0.328. The molecule has 1 saturated carbocycles. The van der Waals surface area contributed by atoms with Gasteiger partial charge in [-0.05, 0) is 43.7 Å². The molecule has 1 saturated heterocycles. The molecule has 11 heteroatoms. The van der Waals surface area contributed by atoms with E-state index in [0.717, 1.165) is 41.2 Å². The van der Waals surface area contributed by atoms with Crippen LogP contribution >= 0.6 is 11.3 Å². The first-order chi connectivity index (χ1) is 19.1. The standard InChI is InChI=1S/C28H31FN8OS/c1-2-36-11-13-37(14-12-36)26(38)19-8-10-24(30-16-19)34-27-31-17-21(29)25(35-27)18-7-9-22-23(15-18)39-28(33-22)32-20-5-3-4-6-20/h7-10,15-17,20H,2-6,11-14H2,1H3,(H,32,33)(H,30,31,34,35). The minimum Gasteiger partial charge on any atom is -0.359 e. The molecule has 3 aromatic heterocycles. The summed E-state index contributed by atoms with van der Waals surface area (Å²) in [6, 6.07) is 9.58. The molecule has 39 heavy (non-hydrogen) atoms. The number of amides is 1. The van der Waals surface area contributed by atoms with Gasteiger partial charge < -0.3 is 20.4 Å². The minimum absolute atomic E-state index is 0.0230. The lowest BCUT2D eigenvalue weighted by Crippen LogP contribution is -2.48. The number of carbonyl (C=O) groups is 1. The average Bonchev–Trinajstić information content (AvgIpc) is 3.63. The van der Waals surface area contributed by atoms with Gasteiger partial charge in [0.05, 0.1) is 22.0 Å². The van der Waals surface area contributed by atoms with Crippen LogP contribution in [0.5, 0.6) is 0 Å². The van der Waals surface area contributed by atoms with Crippen molar-refractivity contribution in [3.05, 3.63) is 54.1 Å². The highest BCUT2D eigenvalue weighted by atomic mass is 32.1. The Kier molecular flexibility index (Phi) is 7.34. The topological polar surface area (TPSA) is 99.2 Å². The highest BCUT2D eigenvalue weighted by Gasteiger charge is 2.22. The lowest BCUT2D eigenvalue weighted by Gasteiger charge is -2.34. The van der Waals surface area contributed by atoms with Gasteiger partial charge in [0, 0.05) is 44.0 Å². The number of nitrogens with zero attached hydrogens (tertiary/aromatic N) is 6. The van der Waals surface area contributed by atoms with Crippen LogP contribution in [0.4, 0.5) is 21.3 Å². The molecule has 2 fully saturated rings. The summed E-state index contributed by atoms with van der Waals surface area (Å²) in [7, 11) is 0. The number of thiazole rings is 1. The smallest absolute Gasteiger partial charge is 0.255 e. The van der Waals surface area contributed by atoms with Crippen LogP contribution in [-0.2, 0) is 0 Å². The van der Waals surface area contributed by atoms with Gasteiger partial charge in [-0.15, -0.1) is 0 Å². The van der Waals surface area contributed by atoms with Crippen molar-refractivity contribution in [1.82, 2.24) is 29.7 Å². The largest absolute Gasteiger partial charge is 0.359 e. The van der Waals surface area contributed by atoms with Crippen molar-refractivity contribution in [3.63, 3.8) is 0 Å². The van der Waals surface area contributed by atoms with E-state index in [9.17, 15) is 9.18 Å². The summed E-state index contributed by atoms with van der Waals surface area (Å²) in [6.07, 6.45) is 7.56. The molecule has 9 nitrogen and oxygen atoms in total. The molecule has 6 rings (SSSR count). The van der Waals surface area contributed by atoms with E-state index in [-0.39, 0.29) is 17.5 Å². The molecule has 0 unspecified atom stereocenters. The number of benzene rings is 1. The van der Waals surface area contributed by atoms with Gasteiger partial charge in [-0.25, -0.2) is 24.3 Å². The van der Waals surface area contributed by atoms with Crippen LogP contribution in [0.3, 0.4) is 0 Å². The summed E-state index contributed by atoms with van der Waals surface area (Å²) in [5, 5.41) is 7.47. The van der Waals surface area contributed by atoms with Crippen LogP contribution in [-0.4, -0.2) is 74.4 Å². The maximum Gasteiger partial charge on any atom is 0.255 e. The van der Waals surface area contributed by atoms with Crippen molar-refractivity contribution in [1.29, 1.82) is 0 Å². The molecular formula is C28H31FN8OS. The molecule has 0 spiro atoms. The molecular weight excluding hydrogens is 515 g/mol. The number of fused-ring (bicyclic) bond motifs is 1. The predicted molar refractivity (Wildman–Crippen MR) is 152 cm³/mol. The van der Waals surface area contributed by atoms with Crippen molar-refractivity contribution in [2.45, 2.75) is 38.6 Å². The molecule has 0 radical (unpaired) electrons. The third-order valence-electron chi connectivity index (χ3n) is 7.45. The monoisotopic (exact) mass is 546 g/mol. The molecule has 1 aliphatic carbocycles. The van der Waals surface area contributed by atoms with Gasteiger partial charge in [0.15, 0.2) is 10.9 Å². The van der Waals surface area contributed by atoms with Crippen LogP contribution in [0.15, 0.2) is 42.7 Å². The zero-order valence-corrected chi connectivity index (χ0v) is 22.7. The fourth-order valence-electron chi connectivity index (χ4n) is 5.17. The second-order valence-electron chi connectivity index (χ2n) is 10.0. The Bertz CT molecular complexity index is 1460. The summed E-state index contributed by atoms with van der Waals surface area (Å²) >= 11 is 1.57. The van der Waals surface area contributed by atoms with E-state index in [1.54, 1.807) is 29.7 Å². The Labute approximate surface area is 230 Å². The average molecular weight is 547 g/mol. The summed E-state index contributed by atoms with van der Waals surface area (Å²) in [5.74, 6) is 0.165. The fourth-order valence-corrected chi connectivity index (χ4v) is 6.15. The van der Waals surface area contributed by atoms with Gasteiger partial charge >= 0.3 is 0 Å². The van der Waals surface area contributed by atoms with Gasteiger partial charge in [0.1, 0.15) is 11.5 Å². The molecule has 0 bridgehead atoms. The molecule has 1 amide bonds. The number of anilines is 3. The summed E-state index contributed by atoms with van der Waals surface area (Å²) in [6.45, 7) is 6.32. The predicted octanol–water partition coefficient (Wildman–Crippen LogP) is 5.16. The molecule has 0 atom stereocenters. The number of piperazine rings is 1. The van der Waals surface area contributed by atoms with Gasteiger partial charge in [-0.1, -0.05) is 37.2 Å². The molecule has 1 aromatic carbocycles. The maximum atomic E-state index is 14.8. The zero-order valence-electron chi connectivity index (χ0n) is 21.9. The molecule has 2 N–H and O–H groups in total. The number of hydrogen-bond acceptors (Lipinski definition) is 9. The van der Waals surface area contributed by atoms with E-state index in [4.69, 9.17) is 4.98 Å². The molecule has 4 aromatic rings. The van der Waals surface area contributed by atoms with Crippen molar-refractivity contribution in [3.8, 4) is 11.3 Å². The molecule has 4 heterocycles. The number of pyridine rings is 1. The third kappa shape index (κ3) is 5.69. The molecule has 1 aliphatic heterocycles. The van der Waals surface area contributed by atoms with Crippen LogP contribution in [0.1, 0.15) is 43.0 Å². The Balaban J connectivity index is 1.15. The van der Waals surface area contributed by atoms with Crippen molar-refractivity contribution in [2.75, 3.05) is 43.4 Å². The first kappa shape index (κ1) is 25.6. The zero-order chi connectivity index (χ0) is 26.8. The van der Waals surface area contributed by atoms with Crippen LogP contribution in [0.2, 0.25) is 0 Å². The van der Waals surface area contributed by atoms with Crippen molar-refractivity contribution >= 4 is 44.4 Å². The summed E-state index contributed by atoms with van der Waals surface area (Å²) < 4.78 is 15.8. The van der Waals surface area contributed by atoms with Gasteiger partial charge in [-0.3, -0.25) is 4.79 Å². The second-order valence-corrected chi connectivity index (χ2v) is 11.0. The summed E-state index contributed by atoms with van der Waals surface area (Å²) in [4.78, 5) is 34.6. The van der Waals surface area contributed by atoms with E-state index in [1.165, 1.54) is 25.7 Å². The number of hydrogen-bond donors (Lipinski definition) is 2. The van der Waals surface area contributed by atoms with Gasteiger partial charge in [0.25, 0.3) is 5.91 Å². The lowest BCUT2D eigenvalue weighted by atomic mass is 10.1. The SMILES string of the molecule is CCN1CCN(C(=O)c2ccc(Nc3ncc(F)c(-c4ccc5nc(NC6CCCC6)sc5c4)n3)nc2)CC1. The number of rotatable bonds is 7. The van der Waals surface area contributed by atoms with E-state index in [1.807, 2.05) is 23.1 Å². The lowest BCUT2D eigenvalue weighted by molar-refractivity contribution is 0.0643. The normalized spacial score (nSPS) is 16.6. The number of halogens is 1. The first-order valence-electron chi connectivity index (χ1n) is 13.5. The van der Waals surface area contributed by atoms with Crippen LogP contribution in [0.25, 0.3) is 21.5 Å². The maximum absolute atomic E-state index is 14.8. The highest BCUT2D eigenvalue weighted by Crippen LogP contribution is 2.33. The highest BCUT2D eigenvalue weighted by molar-refractivity contribution is 7.22. The minimum atomic E-state index is -0.509. The molecule has 202 valence electrons. The van der Waals surface area contributed by atoms with Crippen LogP contribution in [0, 0.1) is 5.82 Å². The third-order valence-corrected chi connectivity index (χ3v) is 8.40. The van der Waals surface area contributed by atoms with Gasteiger partial charge in [0.2, 0.25) is 5.95 Å². The second kappa shape index (κ2) is 11.2. The van der Waals surface area contributed by atoms with E-state index >= 15 is 0 Å². The number of carbonyl (C=O) groups excluding carboxylic acids is 1. The first-order valence-corrected chi connectivity index (χ1v) is 14.3. The number of aromatic nitrogens is 4. The number of nitrogens with one attached hydrogen (secondary N) is 2. The Morgan fingerprint density at radius 2 is 1.87 bits per heavy atom.